The number of nitrogens with one attached hydrogen (secondary N) is 2. The number of aromatic nitrogens is 1. The number of rotatable bonds is 5. The molecular formula is C25H18F3N3O2. The fourth-order valence-corrected chi connectivity index (χ4v) is 3.36. The van der Waals surface area contributed by atoms with Crippen molar-refractivity contribution in [2.45, 2.75) is 13.1 Å². The highest BCUT2D eigenvalue weighted by atomic mass is 19.4. The maximum absolute atomic E-state index is 13.0. The van der Waals surface area contributed by atoms with Crippen LogP contribution in [0.2, 0.25) is 0 Å². The average molecular weight is 449 g/mol. The van der Waals surface area contributed by atoms with Gasteiger partial charge in [-0.1, -0.05) is 18.2 Å². The zero-order valence-electron chi connectivity index (χ0n) is 17.4. The van der Waals surface area contributed by atoms with Crippen molar-refractivity contribution in [3.8, 4) is 0 Å². The van der Waals surface area contributed by atoms with E-state index in [-0.39, 0.29) is 17.2 Å². The van der Waals surface area contributed by atoms with Crippen molar-refractivity contribution in [3.05, 3.63) is 95.7 Å². The Balaban J connectivity index is 1.62. The average Bonchev–Trinajstić information content (AvgIpc) is 2.79. The van der Waals surface area contributed by atoms with Crippen LogP contribution in [0.5, 0.6) is 0 Å². The lowest BCUT2D eigenvalue weighted by molar-refractivity contribution is -0.137. The lowest BCUT2D eigenvalue weighted by Gasteiger charge is -2.15. The molecule has 4 aromatic rings. The number of alkyl halides is 3. The minimum Gasteiger partial charge on any atom is -0.354 e. The predicted octanol–water partition coefficient (Wildman–Crippen LogP) is 6.45. The quantitative estimate of drug-likeness (QED) is 0.344. The lowest BCUT2D eigenvalue weighted by Crippen LogP contribution is -2.14. The summed E-state index contributed by atoms with van der Waals surface area (Å²) < 4.78 is 39.1. The molecule has 1 aromatic heterocycles. The Labute approximate surface area is 187 Å². The normalized spacial score (nSPS) is 11.3. The zero-order chi connectivity index (χ0) is 23.6. The molecule has 5 nitrogen and oxygen atoms in total. The van der Waals surface area contributed by atoms with Crippen molar-refractivity contribution in [2.24, 2.45) is 0 Å². The molecule has 0 unspecified atom stereocenters. The highest BCUT2D eigenvalue weighted by molar-refractivity contribution is 6.09. The molecule has 0 aliphatic heterocycles. The highest BCUT2D eigenvalue weighted by Gasteiger charge is 2.30. The number of ketones is 1. The summed E-state index contributed by atoms with van der Waals surface area (Å²) in [4.78, 5) is 28.4. The summed E-state index contributed by atoms with van der Waals surface area (Å²) >= 11 is 0. The van der Waals surface area contributed by atoms with E-state index in [4.69, 9.17) is 0 Å². The minimum absolute atomic E-state index is 0.0747. The van der Waals surface area contributed by atoms with Gasteiger partial charge in [0.05, 0.1) is 22.3 Å². The number of pyridine rings is 1. The van der Waals surface area contributed by atoms with E-state index in [9.17, 15) is 22.8 Å². The first kappa shape index (κ1) is 22.0. The monoisotopic (exact) mass is 449 g/mol. The summed E-state index contributed by atoms with van der Waals surface area (Å²) in [6.07, 6.45) is -3.06. The third-order valence-corrected chi connectivity index (χ3v) is 5.06. The molecule has 3 aromatic carbocycles. The second kappa shape index (κ2) is 8.74. The number of hydrogen-bond acceptors (Lipinski definition) is 4. The van der Waals surface area contributed by atoms with Gasteiger partial charge in [-0.25, -0.2) is 0 Å². The summed E-state index contributed by atoms with van der Waals surface area (Å²) in [7, 11) is 0. The molecule has 0 radical (unpaired) electrons. The number of carbonyl (C=O) groups excluding carboxylic acids is 2. The Bertz CT molecular complexity index is 1350. The molecule has 0 saturated heterocycles. The van der Waals surface area contributed by atoms with Gasteiger partial charge in [-0.3, -0.25) is 14.6 Å². The van der Waals surface area contributed by atoms with Gasteiger partial charge >= 0.3 is 6.18 Å². The largest absolute Gasteiger partial charge is 0.416 e. The van der Waals surface area contributed by atoms with Crippen LogP contribution >= 0.6 is 0 Å². The maximum Gasteiger partial charge on any atom is 0.416 e. The van der Waals surface area contributed by atoms with Crippen molar-refractivity contribution in [2.75, 3.05) is 10.6 Å². The number of para-hydroxylation sites is 1. The maximum atomic E-state index is 13.0. The molecule has 33 heavy (non-hydrogen) atoms. The third kappa shape index (κ3) is 4.85. The zero-order valence-corrected chi connectivity index (χ0v) is 17.4. The SMILES string of the molecule is CC(=O)c1ccc(NC(=O)c2ccccc2Nc2ccnc3cc(C(F)(F)F)ccc23)cc1. The first-order valence-electron chi connectivity index (χ1n) is 9.97. The molecule has 0 aliphatic rings. The van der Waals surface area contributed by atoms with E-state index in [1.54, 1.807) is 54.6 Å². The van der Waals surface area contributed by atoms with Crippen LogP contribution in [0.1, 0.15) is 33.2 Å². The van der Waals surface area contributed by atoms with Gasteiger partial charge in [0.1, 0.15) is 0 Å². The van der Waals surface area contributed by atoms with Crippen LogP contribution in [0.4, 0.5) is 30.2 Å². The number of benzene rings is 3. The standard InChI is InChI=1S/C25H18F3N3O2/c1-15(32)16-6-9-18(10-7-16)30-24(33)20-4-2-3-5-21(20)31-22-12-13-29-23-14-17(25(26,27)28)8-11-19(22)23/h2-14H,1H3,(H,29,31)(H,30,33). The van der Waals surface area contributed by atoms with Gasteiger partial charge in [-0.2, -0.15) is 13.2 Å². The Kier molecular flexibility index (Phi) is 5.83. The van der Waals surface area contributed by atoms with Gasteiger partial charge in [0.15, 0.2) is 5.78 Å². The van der Waals surface area contributed by atoms with Gasteiger partial charge in [-0.15, -0.1) is 0 Å². The molecule has 0 atom stereocenters. The minimum atomic E-state index is -4.47. The molecule has 1 heterocycles. The van der Waals surface area contributed by atoms with E-state index in [0.717, 1.165) is 12.1 Å². The molecule has 1 amide bonds. The Morgan fingerprint density at radius 1 is 0.879 bits per heavy atom. The molecule has 0 saturated carbocycles. The van der Waals surface area contributed by atoms with E-state index in [1.165, 1.54) is 19.2 Å². The van der Waals surface area contributed by atoms with Crippen LogP contribution in [-0.4, -0.2) is 16.7 Å². The van der Waals surface area contributed by atoms with Gasteiger partial charge in [0.2, 0.25) is 0 Å². The first-order valence-corrected chi connectivity index (χ1v) is 9.97. The summed E-state index contributed by atoms with van der Waals surface area (Å²) in [6.45, 7) is 1.46. The second-order valence-electron chi connectivity index (χ2n) is 7.35. The van der Waals surface area contributed by atoms with Crippen LogP contribution in [0.25, 0.3) is 10.9 Å². The molecule has 0 fully saturated rings. The number of nitrogens with zero attached hydrogens (tertiary/aromatic N) is 1. The second-order valence-corrected chi connectivity index (χ2v) is 7.35. The topological polar surface area (TPSA) is 71.1 Å². The number of halogens is 3. The number of carbonyl (C=O) groups is 2. The van der Waals surface area contributed by atoms with Gasteiger partial charge < -0.3 is 10.6 Å². The molecule has 2 N–H and O–H groups in total. The Morgan fingerprint density at radius 3 is 2.30 bits per heavy atom. The first-order chi connectivity index (χ1) is 15.7. The van der Waals surface area contributed by atoms with E-state index in [1.807, 2.05) is 0 Å². The fraction of sp³-hybridized carbons (Fsp3) is 0.0800. The summed E-state index contributed by atoms with van der Waals surface area (Å²) in [5, 5.41) is 6.41. The third-order valence-electron chi connectivity index (χ3n) is 5.06. The number of amides is 1. The van der Waals surface area contributed by atoms with E-state index < -0.39 is 11.7 Å². The van der Waals surface area contributed by atoms with Crippen molar-refractivity contribution in [1.29, 1.82) is 0 Å². The van der Waals surface area contributed by atoms with Crippen LogP contribution in [0, 0.1) is 0 Å². The number of hydrogen-bond donors (Lipinski definition) is 2. The lowest BCUT2D eigenvalue weighted by atomic mass is 10.1. The molecule has 0 spiro atoms. The number of Topliss-reactive ketones (excluding diaryl/α,β-unsaturated/α-hetero) is 1. The van der Waals surface area contributed by atoms with Crippen LogP contribution < -0.4 is 10.6 Å². The van der Waals surface area contributed by atoms with Crippen LogP contribution in [0.3, 0.4) is 0 Å². The molecule has 8 heteroatoms. The number of anilines is 3. The summed E-state index contributed by atoms with van der Waals surface area (Å²) in [6, 6.07) is 18.3. The molecule has 0 bridgehead atoms. The van der Waals surface area contributed by atoms with E-state index in [2.05, 4.69) is 15.6 Å². The number of fused-ring (bicyclic) bond motifs is 1. The summed E-state index contributed by atoms with van der Waals surface area (Å²) in [5.74, 6) is -0.458. The van der Waals surface area contributed by atoms with Gasteiger partial charge in [-0.05, 0) is 61.5 Å². The predicted molar refractivity (Wildman–Crippen MR) is 121 cm³/mol. The van der Waals surface area contributed by atoms with Gasteiger partial charge in [0, 0.05) is 28.5 Å². The molecule has 0 aliphatic carbocycles. The summed E-state index contributed by atoms with van der Waals surface area (Å²) in [5.41, 5.74) is 1.78. The van der Waals surface area contributed by atoms with Crippen molar-refractivity contribution in [1.82, 2.24) is 4.98 Å². The molecular weight excluding hydrogens is 431 g/mol. The Hall–Kier alpha value is -4.20. The van der Waals surface area contributed by atoms with Crippen molar-refractivity contribution >= 4 is 39.7 Å². The fourth-order valence-electron chi connectivity index (χ4n) is 3.36. The van der Waals surface area contributed by atoms with Crippen LogP contribution in [-0.2, 0) is 6.18 Å². The Morgan fingerprint density at radius 2 is 1.61 bits per heavy atom. The van der Waals surface area contributed by atoms with E-state index in [0.29, 0.717) is 33.6 Å². The van der Waals surface area contributed by atoms with Crippen molar-refractivity contribution < 1.29 is 22.8 Å². The van der Waals surface area contributed by atoms with Crippen LogP contribution in [0.15, 0.2) is 79.0 Å². The molecule has 166 valence electrons. The van der Waals surface area contributed by atoms with Crippen molar-refractivity contribution in [3.63, 3.8) is 0 Å². The smallest absolute Gasteiger partial charge is 0.354 e. The van der Waals surface area contributed by atoms with Gasteiger partial charge in [0.25, 0.3) is 5.91 Å². The highest BCUT2D eigenvalue weighted by Crippen LogP contribution is 2.33. The van der Waals surface area contributed by atoms with E-state index >= 15 is 0 Å². The molecule has 4 rings (SSSR count).